The number of fused-ring (bicyclic) bond motifs is 5. The summed E-state index contributed by atoms with van der Waals surface area (Å²) in [5.41, 5.74) is 3.81. The molecule has 3 heteroatoms. The quantitative estimate of drug-likeness (QED) is 0.623. The number of aliphatic hydroxyl groups is 1. The van der Waals surface area contributed by atoms with E-state index in [1.807, 2.05) is 12.4 Å². The van der Waals surface area contributed by atoms with Crippen LogP contribution in [0.15, 0.2) is 30.1 Å². The minimum atomic E-state index is -0.0953. The average molecular weight is 409 g/mol. The standard InChI is InChI=1S/C27H40N2O/c1-18(4-5-19-12-15-28-29-17-19)23-8-9-24-22-7-6-20-16-21(30)10-13-26(20,2)25(22)11-14-27(23,24)3/h6,12,15,17-18,21-25,30H,4-5,7-11,13-14,16H2,1-3H3/t18-,21+,22+,23-,24+,25+,26+,27-/m1/s1. The highest BCUT2D eigenvalue weighted by molar-refractivity contribution is 5.25. The predicted molar refractivity (Wildman–Crippen MR) is 121 cm³/mol. The Balaban J connectivity index is 1.31. The van der Waals surface area contributed by atoms with Crippen LogP contribution >= 0.6 is 0 Å². The minimum absolute atomic E-state index is 0.0953. The Kier molecular flexibility index (Phi) is 5.32. The Morgan fingerprint density at radius 3 is 2.77 bits per heavy atom. The third-order valence-electron chi connectivity index (χ3n) is 10.4. The second kappa shape index (κ2) is 7.73. The highest BCUT2D eigenvalue weighted by atomic mass is 16.3. The molecule has 4 aliphatic rings. The van der Waals surface area contributed by atoms with E-state index in [1.165, 1.54) is 50.5 Å². The first-order valence-corrected chi connectivity index (χ1v) is 12.5. The average Bonchev–Trinajstić information content (AvgIpc) is 3.10. The molecule has 1 aromatic rings. The van der Waals surface area contributed by atoms with E-state index in [2.05, 4.69) is 43.1 Å². The van der Waals surface area contributed by atoms with Gasteiger partial charge in [-0.05, 0) is 116 Å². The molecule has 3 saturated carbocycles. The van der Waals surface area contributed by atoms with Crippen LogP contribution in [0.5, 0.6) is 0 Å². The van der Waals surface area contributed by atoms with Crippen LogP contribution in [0, 0.1) is 40.4 Å². The number of aryl methyl sites for hydroxylation is 1. The summed E-state index contributed by atoms with van der Waals surface area (Å²) in [6.07, 6.45) is 18.7. The van der Waals surface area contributed by atoms with Crippen molar-refractivity contribution in [1.82, 2.24) is 10.2 Å². The normalized spacial score (nSPS) is 43.9. The molecular formula is C27H40N2O. The lowest BCUT2D eigenvalue weighted by Gasteiger charge is -2.58. The maximum absolute atomic E-state index is 10.2. The summed E-state index contributed by atoms with van der Waals surface area (Å²) in [6, 6.07) is 2.12. The van der Waals surface area contributed by atoms with E-state index in [4.69, 9.17) is 0 Å². The van der Waals surface area contributed by atoms with Crippen molar-refractivity contribution < 1.29 is 5.11 Å². The maximum Gasteiger partial charge on any atom is 0.0577 e. The number of rotatable bonds is 4. The molecule has 0 radical (unpaired) electrons. The lowest BCUT2D eigenvalue weighted by Crippen LogP contribution is -2.50. The van der Waals surface area contributed by atoms with Gasteiger partial charge in [-0.25, -0.2) is 0 Å². The van der Waals surface area contributed by atoms with Crippen molar-refractivity contribution in [3.8, 4) is 0 Å². The van der Waals surface area contributed by atoms with Crippen LogP contribution in [0.25, 0.3) is 0 Å². The molecule has 0 saturated heterocycles. The van der Waals surface area contributed by atoms with Crippen molar-refractivity contribution in [3.05, 3.63) is 35.7 Å². The first-order valence-electron chi connectivity index (χ1n) is 12.5. The van der Waals surface area contributed by atoms with E-state index >= 15 is 0 Å². The van der Waals surface area contributed by atoms with Crippen molar-refractivity contribution in [3.63, 3.8) is 0 Å². The number of nitrogens with zero attached hydrogens (tertiary/aromatic N) is 2. The first-order chi connectivity index (χ1) is 14.4. The van der Waals surface area contributed by atoms with Crippen LogP contribution in [0.4, 0.5) is 0 Å². The van der Waals surface area contributed by atoms with Gasteiger partial charge in [0.15, 0.2) is 0 Å². The smallest absolute Gasteiger partial charge is 0.0577 e. The van der Waals surface area contributed by atoms with Gasteiger partial charge in [0.2, 0.25) is 0 Å². The van der Waals surface area contributed by atoms with Gasteiger partial charge in [0, 0.05) is 6.20 Å². The van der Waals surface area contributed by atoms with Crippen LogP contribution in [0.3, 0.4) is 0 Å². The van der Waals surface area contributed by atoms with Crippen LogP contribution in [0.2, 0.25) is 0 Å². The number of hydrogen-bond donors (Lipinski definition) is 1. The van der Waals surface area contributed by atoms with E-state index in [0.717, 1.165) is 48.9 Å². The van der Waals surface area contributed by atoms with Gasteiger partial charge < -0.3 is 5.11 Å². The van der Waals surface area contributed by atoms with Crippen molar-refractivity contribution in [1.29, 1.82) is 0 Å². The lowest BCUT2D eigenvalue weighted by molar-refractivity contribution is -0.0571. The molecule has 3 fully saturated rings. The van der Waals surface area contributed by atoms with E-state index in [0.29, 0.717) is 10.8 Å². The highest BCUT2D eigenvalue weighted by Gasteiger charge is 2.59. The summed E-state index contributed by atoms with van der Waals surface area (Å²) in [6.45, 7) is 7.71. The van der Waals surface area contributed by atoms with Crippen LogP contribution < -0.4 is 0 Å². The molecule has 3 nitrogen and oxygen atoms in total. The summed E-state index contributed by atoms with van der Waals surface area (Å²) in [5.74, 6) is 4.26. The largest absolute Gasteiger partial charge is 0.393 e. The Morgan fingerprint density at radius 1 is 1.10 bits per heavy atom. The summed E-state index contributed by atoms with van der Waals surface area (Å²) in [7, 11) is 0. The molecule has 0 bridgehead atoms. The van der Waals surface area contributed by atoms with Gasteiger partial charge in [-0.2, -0.15) is 10.2 Å². The molecule has 0 amide bonds. The minimum Gasteiger partial charge on any atom is -0.393 e. The molecule has 0 unspecified atom stereocenters. The molecule has 0 spiro atoms. The molecule has 5 rings (SSSR count). The van der Waals surface area contributed by atoms with Crippen molar-refractivity contribution in [2.45, 2.75) is 91.1 Å². The first kappa shape index (κ1) is 20.7. The van der Waals surface area contributed by atoms with Crippen molar-refractivity contribution >= 4 is 0 Å². The van der Waals surface area contributed by atoms with Crippen molar-refractivity contribution in [2.24, 2.45) is 40.4 Å². The van der Waals surface area contributed by atoms with Gasteiger partial charge in [0.1, 0.15) is 0 Å². The molecule has 1 aromatic heterocycles. The fraction of sp³-hybridized carbons (Fsp3) is 0.778. The van der Waals surface area contributed by atoms with E-state index < -0.39 is 0 Å². The molecule has 1 heterocycles. The lowest BCUT2D eigenvalue weighted by atomic mass is 9.47. The van der Waals surface area contributed by atoms with E-state index in [-0.39, 0.29) is 6.10 Å². The Hall–Kier alpha value is -1.22. The van der Waals surface area contributed by atoms with Gasteiger partial charge in [-0.3, -0.25) is 0 Å². The highest BCUT2D eigenvalue weighted by Crippen LogP contribution is 2.67. The summed E-state index contributed by atoms with van der Waals surface area (Å²) in [5, 5.41) is 18.2. The Labute approximate surface area is 182 Å². The summed E-state index contributed by atoms with van der Waals surface area (Å²) in [4.78, 5) is 0. The molecule has 1 N–H and O–H groups in total. The molecule has 0 aromatic carbocycles. The van der Waals surface area contributed by atoms with Gasteiger partial charge >= 0.3 is 0 Å². The van der Waals surface area contributed by atoms with Crippen LogP contribution in [-0.4, -0.2) is 21.4 Å². The zero-order chi connectivity index (χ0) is 20.9. The Bertz CT molecular complexity index is 791. The molecule has 0 aliphatic heterocycles. The van der Waals surface area contributed by atoms with Crippen LogP contribution in [0.1, 0.15) is 84.1 Å². The van der Waals surface area contributed by atoms with E-state index in [9.17, 15) is 5.11 Å². The van der Waals surface area contributed by atoms with Gasteiger partial charge in [0.25, 0.3) is 0 Å². The number of allylic oxidation sites excluding steroid dienone is 1. The summed E-state index contributed by atoms with van der Waals surface area (Å²) < 4.78 is 0. The molecular weight excluding hydrogens is 368 g/mol. The fourth-order valence-corrected chi connectivity index (χ4v) is 8.68. The molecule has 164 valence electrons. The maximum atomic E-state index is 10.2. The monoisotopic (exact) mass is 408 g/mol. The Morgan fingerprint density at radius 2 is 1.97 bits per heavy atom. The van der Waals surface area contributed by atoms with E-state index in [1.54, 1.807) is 5.57 Å². The number of aromatic nitrogens is 2. The zero-order valence-electron chi connectivity index (χ0n) is 19.2. The van der Waals surface area contributed by atoms with Crippen molar-refractivity contribution in [2.75, 3.05) is 0 Å². The second-order valence-corrected chi connectivity index (χ2v) is 11.7. The summed E-state index contributed by atoms with van der Waals surface area (Å²) >= 11 is 0. The third kappa shape index (κ3) is 3.27. The predicted octanol–water partition coefficient (Wildman–Crippen LogP) is 5.99. The number of hydrogen-bond acceptors (Lipinski definition) is 3. The topological polar surface area (TPSA) is 46.0 Å². The molecule has 30 heavy (non-hydrogen) atoms. The number of aliphatic hydroxyl groups excluding tert-OH is 1. The fourth-order valence-electron chi connectivity index (χ4n) is 8.68. The van der Waals surface area contributed by atoms with Crippen LogP contribution in [-0.2, 0) is 6.42 Å². The SMILES string of the molecule is C[C@H](CCc1ccnnc1)[C@H]1CC[C@H]2[C@@H]3CC=C4C[C@@H](O)CC[C@]4(C)[C@H]3CC[C@]12C. The zero-order valence-corrected chi connectivity index (χ0v) is 19.2. The third-order valence-corrected chi connectivity index (χ3v) is 10.4. The molecule has 8 atom stereocenters. The van der Waals surface area contributed by atoms with Gasteiger partial charge in [-0.15, -0.1) is 0 Å². The molecule has 4 aliphatic carbocycles. The second-order valence-electron chi connectivity index (χ2n) is 11.7. The van der Waals surface area contributed by atoms with Gasteiger partial charge in [0.05, 0.1) is 12.3 Å². The van der Waals surface area contributed by atoms with Gasteiger partial charge in [-0.1, -0.05) is 32.4 Å².